The van der Waals surface area contributed by atoms with E-state index in [0.29, 0.717) is 0 Å². The molecule has 2 nitrogen and oxygen atoms in total. The van der Waals surface area contributed by atoms with Gasteiger partial charge in [0.15, 0.2) is 0 Å². The van der Waals surface area contributed by atoms with Crippen LogP contribution in [-0.4, -0.2) is 37.2 Å². The average molecular weight is 183 g/mol. The molecule has 2 fully saturated rings. The molecule has 0 atom stereocenters. The predicted octanol–water partition coefficient (Wildman–Crippen LogP) is 1.75. The van der Waals surface area contributed by atoms with Gasteiger partial charge in [-0.1, -0.05) is 13.8 Å². The highest BCUT2D eigenvalue weighted by atomic mass is 16.5. The Morgan fingerprint density at radius 1 is 1.15 bits per heavy atom. The fourth-order valence-electron chi connectivity index (χ4n) is 2.41. The number of morpholine rings is 1. The third-order valence-corrected chi connectivity index (χ3v) is 3.65. The molecular formula is C11H21NO. The van der Waals surface area contributed by atoms with Crippen LogP contribution in [0.25, 0.3) is 0 Å². The summed E-state index contributed by atoms with van der Waals surface area (Å²) in [6.07, 6.45) is 2.86. The molecule has 0 unspecified atom stereocenters. The van der Waals surface area contributed by atoms with Gasteiger partial charge in [-0.2, -0.15) is 0 Å². The van der Waals surface area contributed by atoms with Crippen LogP contribution in [0.2, 0.25) is 0 Å². The Bertz CT molecular complexity index is 157. The van der Waals surface area contributed by atoms with Crippen molar-refractivity contribution in [3.8, 4) is 0 Å². The van der Waals surface area contributed by atoms with E-state index in [9.17, 15) is 0 Å². The first kappa shape index (κ1) is 9.47. The summed E-state index contributed by atoms with van der Waals surface area (Å²) in [6, 6.07) is 0.885. The molecule has 0 aromatic carbocycles. The van der Waals surface area contributed by atoms with Crippen LogP contribution in [0.15, 0.2) is 0 Å². The number of ether oxygens (including phenoxy) is 1. The summed E-state index contributed by atoms with van der Waals surface area (Å²) >= 11 is 0. The number of hydrogen-bond acceptors (Lipinski definition) is 2. The Hall–Kier alpha value is -0.0800. The third kappa shape index (κ3) is 2.05. The SMILES string of the molecule is CC(C)[C@H]1C[C@H](N2CCOCC2)C1. The zero-order valence-corrected chi connectivity index (χ0v) is 8.83. The molecule has 0 aromatic heterocycles. The van der Waals surface area contributed by atoms with Gasteiger partial charge in [-0.15, -0.1) is 0 Å². The van der Waals surface area contributed by atoms with Gasteiger partial charge in [0.05, 0.1) is 13.2 Å². The van der Waals surface area contributed by atoms with Crippen molar-refractivity contribution in [1.82, 2.24) is 4.90 Å². The van der Waals surface area contributed by atoms with Crippen LogP contribution in [-0.2, 0) is 4.74 Å². The van der Waals surface area contributed by atoms with Crippen LogP contribution >= 0.6 is 0 Å². The smallest absolute Gasteiger partial charge is 0.0594 e. The summed E-state index contributed by atoms with van der Waals surface area (Å²) in [5.41, 5.74) is 0. The first-order valence-electron chi connectivity index (χ1n) is 5.59. The van der Waals surface area contributed by atoms with Gasteiger partial charge in [0.25, 0.3) is 0 Å². The molecule has 0 N–H and O–H groups in total. The van der Waals surface area contributed by atoms with E-state index in [1.165, 1.54) is 12.8 Å². The topological polar surface area (TPSA) is 12.5 Å². The van der Waals surface area contributed by atoms with Crippen molar-refractivity contribution in [1.29, 1.82) is 0 Å². The van der Waals surface area contributed by atoms with Gasteiger partial charge in [0.2, 0.25) is 0 Å². The molecule has 1 heterocycles. The van der Waals surface area contributed by atoms with Crippen molar-refractivity contribution in [3.05, 3.63) is 0 Å². The highest BCUT2D eigenvalue weighted by Gasteiger charge is 2.35. The van der Waals surface area contributed by atoms with Crippen molar-refractivity contribution < 1.29 is 4.74 Å². The van der Waals surface area contributed by atoms with E-state index in [1.807, 2.05) is 0 Å². The Morgan fingerprint density at radius 3 is 2.31 bits per heavy atom. The minimum absolute atomic E-state index is 0.885. The molecule has 0 aromatic rings. The van der Waals surface area contributed by atoms with Crippen LogP contribution in [0.4, 0.5) is 0 Å². The molecule has 2 rings (SSSR count). The zero-order valence-electron chi connectivity index (χ0n) is 8.83. The summed E-state index contributed by atoms with van der Waals surface area (Å²) in [5.74, 6) is 1.88. The summed E-state index contributed by atoms with van der Waals surface area (Å²) < 4.78 is 5.35. The molecule has 2 aliphatic rings. The van der Waals surface area contributed by atoms with E-state index in [-0.39, 0.29) is 0 Å². The van der Waals surface area contributed by atoms with Gasteiger partial charge in [0, 0.05) is 19.1 Å². The van der Waals surface area contributed by atoms with E-state index in [0.717, 1.165) is 44.2 Å². The van der Waals surface area contributed by atoms with Gasteiger partial charge < -0.3 is 4.74 Å². The largest absolute Gasteiger partial charge is 0.379 e. The standard InChI is InChI=1S/C11H21NO/c1-9(2)10-7-11(8-10)12-3-5-13-6-4-12/h9-11H,3-8H2,1-2H3/t10-,11-. The van der Waals surface area contributed by atoms with Crippen molar-refractivity contribution in [2.75, 3.05) is 26.3 Å². The monoisotopic (exact) mass is 183 g/mol. The number of rotatable bonds is 2. The lowest BCUT2D eigenvalue weighted by molar-refractivity contribution is -0.0243. The lowest BCUT2D eigenvalue weighted by Gasteiger charge is -2.46. The van der Waals surface area contributed by atoms with E-state index < -0.39 is 0 Å². The Morgan fingerprint density at radius 2 is 1.77 bits per heavy atom. The van der Waals surface area contributed by atoms with Crippen LogP contribution in [0.3, 0.4) is 0 Å². The van der Waals surface area contributed by atoms with Crippen molar-refractivity contribution in [2.24, 2.45) is 11.8 Å². The lowest BCUT2D eigenvalue weighted by Crippen LogP contribution is -2.50. The minimum Gasteiger partial charge on any atom is -0.379 e. The molecule has 1 saturated carbocycles. The predicted molar refractivity (Wildman–Crippen MR) is 53.7 cm³/mol. The van der Waals surface area contributed by atoms with E-state index in [1.54, 1.807) is 0 Å². The van der Waals surface area contributed by atoms with Gasteiger partial charge in [-0.05, 0) is 24.7 Å². The summed E-state index contributed by atoms with van der Waals surface area (Å²) in [5, 5.41) is 0. The fraction of sp³-hybridized carbons (Fsp3) is 1.00. The second-order valence-electron chi connectivity index (χ2n) is 4.78. The van der Waals surface area contributed by atoms with Crippen LogP contribution in [0.5, 0.6) is 0 Å². The Kier molecular flexibility index (Phi) is 2.89. The molecule has 13 heavy (non-hydrogen) atoms. The Balaban J connectivity index is 1.72. The first-order valence-corrected chi connectivity index (χ1v) is 5.59. The molecule has 0 spiro atoms. The zero-order chi connectivity index (χ0) is 9.26. The third-order valence-electron chi connectivity index (χ3n) is 3.65. The molecule has 1 aliphatic carbocycles. The van der Waals surface area contributed by atoms with Gasteiger partial charge >= 0.3 is 0 Å². The molecule has 2 heteroatoms. The van der Waals surface area contributed by atoms with Crippen LogP contribution in [0, 0.1) is 11.8 Å². The van der Waals surface area contributed by atoms with E-state index in [2.05, 4.69) is 18.7 Å². The van der Waals surface area contributed by atoms with Crippen molar-refractivity contribution >= 4 is 0 Å². The average Bonchev–Trinajstić information content (AvgIpc) is 2.02. The highest BCUT2D eigenvalue weighted by molar-refractivity contribution is 4.89. The second-order valence-corrected chi connectivity index (χ2v) is 4.78. The van der Waals surface area contributed by atoms with Crippen molar-refractivity contribution in [2.45, 2.75) is 32.7 Å². The molecular weight excluding hydrogens is 162 g/mol. The molecule has 0 bridgehead atoms. The number of nitrogens with zero attached hydrogens (tertiary/aromatic N) is 1. The van der Waals surface area contributed by atoms with Crippen LogP contribution < -0.4 is 0 Å². The first-order chi connectivity index (χ1) is 6.27. The van der Waals surface area contributed by atoms with Gasteiger partial charge in [0.1, 0.15) is 0 Å². The normalized spacial score (nSPS) is 36.2. The van der Waals surface area contributed by atoms with E-state index >= 15 is 0 Å². The molecule has 1 saturated heterocycles. The summed E-state index contributed by atoms with van der Waals surface area (Å²) in [7, 11) is 0. The highest BCUT2D eigenvalue weighted by Crippen LogP contribution is 2.36. The number of hydrogen-bond donors (Lipinski definition) is 0. The van der Waals surface area contributed by atoms with Gasteiger partial charge in [-0.25, -0.2) is 0 Å². The van der Waals surface area contributed by atoms with E-state index in [4.69, 9.17) is 4.74 Å². The van der Waals surface area contributed by atoms with Crippen LogP contribution in [0.1, 0.15) is 26.7 Å². The summed E-state index contributed by atoms with van der Waals surface area (Å²) in [4.78, 5) is 2.61. The minimum atomic E-state index is 0.885. The maximum absolute atomic E-state index is 5.35. The molecule has 76 valence electrons. The molecule has 1 aliphatic heterocycles. The van der Waals surface area contributed by atoms with Gasteiger partial charge in [-0.3, -0.25) is 4.90 Å². The molecule has 0 radical (unpaired) electrons. The quantitative estimate of drug-likeness (QED) is 0.646. The van der Waals surface area contributed by atoms with Crippen molar-refractivity contribution in [3.63, 3.8) is 0 Å². The maximum atomic E-state index is 5.35. The second kappa shape index (κ2) is 3.97. The molecule has 0 amide bonds. The lowest BCUT2D eigenvalue weighted by atomic mass is 9.73. The maximum Gasteiger partial charge on any atom is 0.0594 e. The fourth-order valence-corrected chi connectivity index (χ4v) is 2.41. The Labute approximate surface area is 81.3 Å². The summed E-state index contributed by atoms with van der Waals surface area (Å²) in [6.45, 7) is 8.91.